The molecule has 4 fully saturated rings. The van der Waals surface area contributed by atoms with Gasteiger partial charge in [0.1, 0.15) is 0 Å². The summed E-state index contributed by atoms with van der Waals surface area (Å²) >= 11 is 3.86. The van der Waals surface area contributed by atoms with Crippen LogP contribution < -0.4 is 10.6 Å². The summed E-state index contributed by atoms with van der Waals surface area (Å²) in [7, 11) is 1.50. The van der Waals surface area contributed by atoms with E-state index >= 15 is 0 Å². The molecular weight excluding hydrogens is 364 g/mol. The molecule has 0 unspecified atom stereocenters. The van der Waals surface area contributed by atoms with E-state index in [-0.39, 0.29) is 29.4 Å². The topological polar surface area (TPSA) is 84.5 Å². The van der Waals surface area contributed by atoms with Crippen molar-refractivity contribution in [1.82, 2.24) is 10.6 Å². The van der Waals surface area contributed by atoms with E-state index in [1.54, 1.807) is 0 Å². The van der Waals surface area contributed by atoms with Crippen molar-refractivity contribution in [2.75, 3.05) is 20.2 Å². The van der Waals surface area contributed by atoms with E-state index in [2.05, 4.69) is 26.6 Å². The SMILES string of the molecule is CNC(=O)CNC(=O)COC(=O)C12C[C@@H]3C[C@H](CC(Br)(C3)C1)C2. The van der Waals surface area contributed by atoms with Crippen LogP contribution in [0.25, 0.3) is 0 Å². The summed E-state index contributed by atoms with van der Waals surface area (Å²) in [6, 6.07) is 0. The number of hydrogen-bond acceptors (Lipinski definition) is 4. The Balaban J connectivity index is 1.54. The number of alkyl halides is 1. The molecule has 4 bridgehead atoms. The molecule has 2 N–H and O–H groups in total. The zero-order chi connectivity index (χ0) is 16.7. The molecule has 4 aliphatic carbocycles. The van der Waals surface area contributed by atoms with E-state index in [1.165, 1.54) is 13.5 Å². The maximum absolute atomic E-state index is 12.6. The largest absolute Gasteiger partial charge is 0.455 e. The van der Waals surface area contributed by atoms with Crippen molar-refractivity contribution < 1.29 is 19.1 Å². The Morgan fingerprint density at radius 3 is 2.35 bits per heavy atom. The standard InChI is InChI=1S/C16H23BrN2O4/c1-18-12(20)7-19-13(21)8-23-14(22)15-3-10-2-11(4-15)6-16(17,5-10)9-15/h10-11H,2-9H2,1H3,(H,18,20)(H,19,21)/t10-,11-,15?,16?/m0/s1. The Morgan fingerprint density at radius 1 is 1.13 bits per heavy atom. The Hall–Kier alpha value is -1.11. The zero-order valence-electron chi connectivity index (χ0n) is 13.3. The van der Waals surface area contributed by atoms with Crippen LogP contribution in [-0.4, -0.2) is 42.3 Å². The molecule has 0 spiro atoms. The summed E-state index contributed by atoms with van der Waals surface area (Å²) in [6.45, 7) is -0.422. The van der Waals surface area contributed by atoms with Crippen LogP contribution in [0, 0.1) is 17.3 Å². The van der Waals surface area contributed by atoms with Crippen LogP contribution in [0.2, 0.25) is 0 Å². The second-order valence-corrected chi connectivity index (χ2v) is 9.10. The maximum atomic E-state index is 12.6. The molecule has 0 radical (unpaired) electrons. The fraction of sp³-hybridized carbons (Fsp3) is 0.812. The summed E-state index contributed by atoms with van der Waals surface area (Å²) in [6.07, 6.45) is 6.09. The molecule has 4 rings (SSSR count). The first kappa shape index (κ1) is 16.7. The zero-order valence-corrected chi connectivity index (χ0v) is 14.9. The number of carbonyl (C=O) groups is 3. The molecular formula is C16H23BrN2O4. The van der Waals surface area contributed by atoms with Crippen LogP contribution in [-0.2, 0) is 19.1 Å². The number of amides is 2. The van der Waals surface area contributed by atoms with Gasteiger partial charge in [-0.25, -0.2) is 0 Å². The number of ether oxygens (including phenoxy) is 1. The molecule has 7 heteroatoms. The van der Waals surface area contributed by atoms with Gasteiger partial charge in [-0.05, 0) is 50.4 Å². The predicted molar refractivity (Wildman–Crippen MR) is 86.8 cm³/mol. The van der Waals surface area contributed by atoms with Crippen LogP contribution in [0.15, 0.2) is 0 Å². The third-order valence-corrected chi connectivity index (χ3v) is 6.41. The van der Waals surface area contributed by atoms with Gasteiger partial charge in [0.25, 0.3) is 5.91 Å². The molecule has 0 aliphatic heterocycles. The second-order valence-electron chi connectivity index (χ2n) is 7.42. The lowest BCUT2D eigenvalue weighted by atomic mass is 9.49. The molecule has 6 nitrogen and oxygen atoms in total. The van der Waals surface area contributed by atoms with Crippen LogP contribution in [0.4, 0.5) is 0 Å². The van der Waals surface area contributed by atoms with Gasteiger partial charge in [-0.3, -0.25) is 14.4 Å². The molecule has 23 heavy (non-hydrogen) atoms. The van der Waals surface area contributed by atoms with Crippen molar-refractivity contribution in [3.63, 3.8) is 0 Å². The Labute approximate surface area is 144 Å². The first-order valence-electron chi connectivity index (χ1n) is 8.18. The number of nitrogens with one attached hydrogen (secondary N) is 2. The number of rotatable bonds is 5. The number of halogens is 1. The Kier molecular flexibility index (Phi) is 4.42. The first-order chi connectivity index (χ1) is 10.8. The van der Waals surface area contributed by atoms with E-state index in [1.807, 2.05) is 0 Å². The third-order valence-electron chi connectivity index (χ3n) is 5.48. The van der Waals surface area contributed by atoms with Crippen LogP contribution >= 0.6 is 15.9 Å². The molecule has 4 aliphatic rings. The summed E-state index contributed by atoms with van der Waals surface area (Å²) in [5, 5.41) is 4.84. The molecule has 0 saturated heterocycles. The van der Waals surface area contributed by atoms with E-state index in [0.29, 0.717) is 11.8 Å². The van der Waals surface area contributed by atoms with Gasteiger partial charge < -0.3 is 15.4 Å². The van der Waals surface area contributed by atoms with Crippen molar-refractivity contribution >= 4 is 33.7 Å². The fourth-order valence-electron chi connectivity index (χ4n) is 4.99. The molecule has 0 aromatic carbocycles. The highest BCUT2D eigenvalue weighted by Gasteiger charge is 2.60. The second kappa shape index (κ2) is 6.07. The van der Waals surface area contributed by atoms with Gasteiger partial charge in [0, 0.05) is 11.4 Å². The Morgan fingerprint density at radius 2 is 1.78 bits per heavy atom. The van der Waals surface area contributed by atoms with Crippen LogP contribution in [0.3, 0.4) is 0 Å². The maximum Gasteiger partial charge on any atom is 0.312 e. The summed E-state index contributed by atoms with van der Waals surface area (Å²) in [5.41, 5.74) is -0.422. The van der Waals surface area contributed by atoms with Gasteiger partial charge in [-0.1, -0.05) is 15.9 Å². The first-order valence-corrected chi connectivity index (χ1v) is 8.97. The van der Waals surface area contributed by atoms with Crippen LogP contribution in [0.5, 0.6) is 0 Å². The fourth-order valence-corrected chi connectivity index (χ4v) is 6.44. The number of hydrogen-bond donors (Lipinski definition) is 2. The number of carbonyl (C=O) groups excluding carboxylic acids is 3. The van der Waals surface area contributed by atoms with Gasteiger partial charge >= 0.3 is 5.97 Å². The molecule has 128 valence electrons. The van der Waals surface area contributed by atoms with Gasteiger partial charge in [-0.15, -0.1) is 0 Å². The molecule has 0 aromatic heterocycles. The molecule has 2 atom stereocenters. The normalized spacial score (nSPS) is 37.3. The predicted octanol–water partition coefficient (Wildman–Crippen LogP) is 1.13. The van der Waals surface area contributed by atoms with E-state index < -0.39 is 11.3 Å². The van der Waals surface area contributed by atoms with Gasteiger partial charge in [0.15, 0.2) is 6.61 Å². The van der Waals surface area contributed by atoms with Crippen molar-refractivity contribution in [1.29, 1.82) is 0 Å². The molecule has 2 amide bonds. The summed E-state index contributed by atoms with van der Waals surface area (Å²) < 4.78 is 5.38. The minimum Gasteiger partial charge on any atom is -0.455 e. The number of esters is 1. The quantitative estimate of drug-likeness (QED) is 0.547. The minimum atomic E-state index is -0.444. The minimum absolute atomic E-state index is 0.0809. The van der Waals surface area contributed by atoms with Gasteiger partial charge in [0.05, 0.1) is 12.0 Å². The monoisotopic (exact) mass is 386 g/mol. The highest BCUT2D eigenvalue weighted by atomic mass is 79.9. The van der Waals surface area contributed by atoms with Crippen molar-refractivity contribution in [3.05, 3.63) is 0 Å². The highest BCUT2D eigenvalue weighted by Crippen LogP contribution is 2.64. The van der Waals surface area contributed by atoms with E-state index in [9.17, 15) is 14.4 Å². The van der Waals surface area contributed by atoms with Crippen molar-refractivity contribution in [2.45, 2.75) is 42.8 Å². The molecule has 0 aromatic rings. The van der Waals surface area contributed by atoms with Crippen LogP contribution in [0.1, 0.15) is 38.5 Å². The van der Waals surface area contributed by atoms with Gasteiger partial charge in [-0.2, -0.15) is 0 Å². The lowest BCUT2D eigenvalue weighted by Crippen LogP contribution is -2.56. The molecule has 0 heterocycles. The summed E-state index contributed by atoms with van der Waals surface area (Å²) in [4.78, 5) is 35.4. The lowest BCUT2D eigenvalue weighted by Gasteiger charge is -2.58. The summed E-state index contributed by atoms with van der Waals surface area (Å²) in [5.74, 6) is 0.202. The molecule has 4 saturated carbocycles. The van der Waals surface area contributed by atoms with E-state index in [4.69, 9.17) is 4.74 Å². The average Bonchev–Trinajstić information content (AvgIpc) is 2.47. The van der Waals surface area contributed by atoms with E-state index in [0.717, 1.165) is 32.1 Å². The Bertz CT molecular complexity index is 522. The lowest BCUT2D eigenvalue weighted by molar-refractivity contribution is -0.171. The van der Waals surface area contributed by atoms with Crippen molar-refractivity contribution in [3.8, 4) is 0 Å². The van der Waals surface area contributed by atoms with Crippen molar-refractivity contribution in [2.24, 2.45) is 17.3 Å². The third kappa shape index (κ3) is 3.39. The smallest absolute Gasteiger partial charge is 0.312 e. The van der Waals surface area contributed by atoms with Gasteiger partial charge in [0.2, 0.25) is 5.91 Å². The highest BCUT2D eigenvalue weighted by molar-refractivity contribution is 9.10. The number of likely N-dealkylation sites (N-methyl/N-ethyl adjacent to an activating group) is 1. The average molecular weight is 387 g/mol.